The standard InChI is InChI=1S/C9H7N5S/c10-13-11-5-7-3-1-2-4-8(7)9-6-15-14-12-9/h1-4,6H,5H2. The zero-order chi connectivity index (χ0) is 10.5. The third kappa shape index (κ3) is 2.12. The lowest BCUT2D eigenvalue weighted by molar-refractivity contribution is 1.04. The Morgan fingerprint density at radius 2 is 2.27 bits per heavy atom. The molecule has 1 heterocycles. The van der Waals surface area contributed by atoms with Crippen LogP contribution in [0.4, 0.5) is 0 Å². The molecule has 2 aromatic rings. The summed E-state index contributed by atoms with van der Waals surface area (Å²) in [6, 6.07) is 7.70. The van der Waals surface area contributed by atoms with Crippen LogP contribution < -0.4 is 0 Å². The largest absolute Gasteiger partial charge is 0.138 e. The number of aromatic nitrogens is 2. The molecule has 0 amide bonds. The first kappa shape index (κ1) is 9.64. The van der Waals surface area contributed by atoms with Gasteiger partial charge in [0.2, 0.25) is 0 Å². The Hall–Kier alpha value is -1.91. The summed E-state index contributed by atoms with van der Waals surface area (Å²) in [5, 5.41) is 9.41. The molecule has 0 unspecified atom stereocenters. The number of nitrogens with zero attached hydrogens (tertiary/aromatic N) is 5. The van der Waals surface area contributed by atoms with Crippen molar-refractivity contribution in [1.29, 1.82) is 0 Å². The molecule has 0 aliphatic rings. The van der Waals surface area contributed by atoms with Crippen LogP contribution in [-0.2, 0) is 6.54 Å². The first-order valence-corrected chi connectivity index (χ1v) is 5.11. The third-order valence-corrected chi connectivity index (χ3v) is 2.46. The Labute approximate surface area is 90.2 Å². The normalized spacial score (nSPS) is 9.60. The first-order chi connectivity index (χ1) is 7.42. The molecule has 1 aromatic heterocycles. The molecule has 0 spiro atoms. The SMILES string of the molecule is [N-]=[N+]=NCc1ccccc1-c1csnn1. The maximum Gasteiger partial charge on any atom is 0.106 e. The number of rotatable bonds is 3. The minimum absolute atomic E-state index is 0.337. The summed E-state index contributed by atoms with van der Waals surface area (Å²) in [6.45, 7) is 0.337. The maximum atomic E-state index is 8.28. The quantitative estimate of drug-likeness (QED) is 0.450. The Bertz CT molecular complexity index is 487. The van der Waals surface area contributed by atoms with Gasteiger partial charge >= 0.3 is 0 Å². The average Bonchev–Trinajstić information content (AvgIpc) is 2.80. The predicted octanol–water partition coefficient (Wildman–Crippen LogP) is 3.02. The topological polar surface area (TPSA) is 74.5 Å². The lowest BCUT2D eigenvalue weighted by atomic mass is 10.1. The van der Waals surface area contributed by atoms with E-state index in [1.165, 1.54) is 11.5 Å². The molecule has 15 heavy (non-hydrogen) atoms. The van der Waals surface area contributed by atoms with E-state index in [9.17, 15) is 0 Å². The fourth-order valence-electron chi connectivity index (χ4n) is 1.30. The van der Waals surface area contributed by atoms with Gasteiger partial charge in [-0.05, 0) is 22.6 Å². The van der Waals surface area contributed by atoms with E-state index in [1.807, 2.05) is 29.6 Å². The molecule has 2 rings (SSSR count). The van der Waals surface area contributed by atoms with Crippen molar-refractivity contribution in [3.05, 3.63) is 45.7 Å². The highest BCUT2D eigenvalue weighted by Crippen LogP contribution is 2.22. The van der Waals surface area contributed by atoms with Crippen LogP contribution in [0.1, 0.15) is 5.56 Å². The molecule has 1 aromatic carbocycles. The van der Waals surface area contributed by atoms with Crippen LogP contribution in [0.2, 0.25) is 0 Å². The van der Waals surface area contributed by atoms with Crippen molar-refractivity contribution >= 4 is 11.5 Å². The van der Waals surface area contributed by atoms with E-state index in [0.717, 1.165) is 16.8 Å². The maximum absolute atomic E-state index is 8.28. The van der Waals surface area contributed by atoms with E-state index in [4.69, 9.17) is 5.53 Å². The van der Waals surface area contributed by atoms with E-state index in [1.54, 1.807) is 0 Å². The second-order valence-electron chi connectivity index (χ2n) is 2.84. The summed E-state index contributed by atoms with van der Waals surface area (Å²) in [6.07, 6.45) is 0. The van der Waals surface area contributed by atoms with E-state index in [0.29, 0.717) is 6.54 Å². The summed E-state index contributed by atoms with van der Waals surface area (Å²) in [5.74, 6) is 0. The van der Waals surface area contributed by atoms with Gasteiger partial charge in [-0.1, -0.05) is 33.9 Å². The van der Waals surface area contributed by atoms with E-state index in [2.05, 4.69) is 19.6 Å². The van der Waals surface area contributed by atoms with Crippen LogP contribution in [0.3, 0.4) is 0 Å². The second-order valence-corrected chi connectivity index (χ2v) is 3.45. The van der Waals surface area contributed by atoms with Gasteiger partial charge in [0.05, 0.1) is 6.54 Å². The fraction of sp³-hybridized carbons (Fsp3) is 0.111. The molecule has 0 aliphatic heterocycles. The van der Waals surface area contributed by atoms with Gasteiger partial charge in [0, 0.05) is 15.9 Å². The van der Waals surface area contributed by atoms with E-state index in [-0.39, 0.29) is 0 Å². The van der Waals surface area contributed by atoms with Crippen LogP contribution >= 0.6 is 11.5 Å². The zero-order valence-corrected chi connectivity index (χ0v) is 8.55. The molecule has 0 saturated heterocycles. The fourth-order valence-corrected chi connectivity index (χ4v) is 1.75. The summed E-state index contributed by atoms with van der Waals surface area (Å²) < 4.78 is 3.81. The van der Waals surface area contributed by atoms with Crippen LogP contribution in [0.25, 0.3) is 21.7 Å². The van der Waals surface area contributed by atoms with Gasteiger partial charge in [-0.25, -0.2) is 0 Å². The summed E-state index contributed by atoms with van der Waals surface area (Å²) in [7, 11) is 0. The van der Waals surface area contributed by atoms with Crippen molar-refractivity contribution < 1.29 is 0 Å². The van der Waals surface area contributed by atoms with Crippen molar-refractivity contribution in [2.75, 3.05) is 0 Å². The van der Waals surface area contributed by atoms with Crippen molar-refractivity contribution in [2.24, 2.45) is 5.11 Å². The molecule has 0 aliphatic carbocycles. The van der Waals surface area contributed by atoms with E-state index >= 15 is 0 Å². The molecule has 0 saturated carbocycles. The Kier molecular flexibility index (Phi) is 2.92. The van der Waals surface area contributed by atoms with Gasteiger partial charge in [0.15, 0.2) is 0 Å². The molecule has 0 bridgehead atoms. The van der Waals surface area contributed by atoms with Gasteiger partial charge in [-0.15, -0.1) is 5.10 Å². The highest BCUT2D eigenvalue weighted by Gasteiger charge is 2.05. The van der Waals surface area contributed by atoms with Gasteiger partial charge in [-0.2, -0.15) is 0 Å². The smallest absolute Gasteiger partial charge is 0.106 e. The molecule has 0 radical (unpaired) electrons. The molecular weight excluding hydrogens is 210 g/mol. The number of hydrogen-bond donors (Lipinski definition) is 0. The molecule has 6 heteroatoms. The number of benzene rings is 1. The van der Waals surface area contributed by atoms with Crippen molar-refractivity contribution in [3.8, 4) is 11.3 Å². The highest BCUT2D eigenvalue weighted by molar-refractivity contribution is 7.03. The zero-order valence-electron chi connectivity index (χ0n) is 7.74. The minimum Gasteiger partial charge on any atom is -0.138 e. The van der Waals surface area contributed by atoms with E-state index < -0.39 is 0 Å². The molecule has 0 fully saturated rings. The second kappa shape index (κ2) is 4.54. The highest BCUT2D eigenvalue weighted by atomic mass is 32.1. The van der Waals surface area contributed by atoms with Crippen LogP contribution in [0, 0.1) is 0 Å². The monoisotopic (exact) mass is 217 g/mol. The lowest BCUT2D eigenvalue weighted by Gasteiger charge is -2.02. The van der Waals surface area contributed by atoms with Crippen molar-refractivity contribution in [3.63, 3.8) is 0 Å². The number of hydrogen-bond acceptors (Lipinski definition) is 4. The predicted molar refractivity (Wildman–Crippen MR) is 58.2 cm³/mol. The Morgan fingerprint density at radius 1 is 1.40 bits per heavy atom. The van der Waals surface area contributed by atoms with Gasteiger partial charge in [0.25, 0.3) is 0 Å². The summed E-state index contributed by atoms with van der Waals surface area (Å²) in [4.78, 5) is 2.74. The lowest BCUT2D eigenvalue weighted by Crippen LogP contribution is -1.87. The average molecular weight is 217 g/mol. The van der Waals surface area contributed by atoms with Crippen molar-refractivity contribution in [1.82, 2.24) is 9.59 Å². The van der Waals surface area contributed by atoms with Gasteiger partial charge in [-0.3, -0.25) is 0 Å². The third-order valence-electron chi connectivity index (χ3n) is 1.96. The molecule has 74 valence electrons. The Balaban J connectivity index is 2.42. The van der Waals surface area contributed by atoms with Gasteiger partial charge in [0.1, 0.15) is 5.69 Å². The van der Waals surface area contributed by atoms with Gasteiger partial charge < -0.3 is 0 Å². The molecular formula is C9H7N5S. The molecule has 0 N–H and O–H groups in total. The summed E-state index contributed by atoms with van der Waals surface area (Å²) in [5.41, 5.74) is 11.0. The summed E-state index contributed by atoms with van der Waals surface area (Å²) >= 11 is 1.30. The molecule has 5 nitrogen and oxygen atoms in total. The number of azide groups is 1. The van der Waals surface area contributed by atoms with Crippen molar-refractivity contribution in [2.45, 2.75) is 6.54 Å². The van der Waals surface area contributed by atoms with Crippen LogP contribution in [0.5, 0.6) is 0 Å². The molecule has 0 atom stereocenters. The minimum atomic E-state index is 0.337. The van der Waals surface area contributed by atoms with Crippen LogP contribution in [0.15, 0.2) is 34.8 Å². The Morgan fingerprint density at radius 3 is 3.00 bits per heavy atom. The van der Waals surface area contributed by atoms with Crippen LogP contribution in [-0.4, -0.2) is 9.59 Å². The first-order valence-electron chi connectivity index (χ1n) is 4.28.